The van der Waals surface area contributed by atoms with Crippen LogP contribution in [-0.4, -0.2) is 6.18 Å². The molecule has 0 radical (unpaired) electrons. The van der Waals surface area contributed by atoms with Gasteiger partial charge in [-0.15, -0.1) is 0 Å². The van der Waals surface area contributed by atoms with Gasteiger partial charge in [-0.1, -0.05) is 50.5 Å². The van der Waals surface area contributed by atoms with E-state index in [0.29, 0.717) is 5.92 Å². The van der Waals surface area contributed by atoms with Crippen molar-refractivity contribution in [3.63, 3.8) is 0 Å². The summed E-state index contributed by atoms with van der Waals surface area (Å²) in [6.45, 7) is 2.24. The van der Waals surface area contributed by atoms with E-state index in [4.69, 9.17) is 0 Å². The monoisotopic (exact) mass is 312 g/mol. The number of rotatable bonds is 6. The molecule has 3 heteroatoms. The van der Waals surface area contributed by atoms with Gasteiger partial charge in [0.2, 0.25) is 0 Å². The van der Waals surface area contributed by atoms with E-state index in [1.165, 1.54) is 50.5 Å². The van der Waals surface area contributed by atoms with Crippen LogP contribution >= 0.6 is 0 Å². The minimum absolute atomic E-state index is 0.0908. The Morgan fingerprint density at radius 3 is 2.18 bits per heavy atom. The normalized spacial score (nSPS) is 22.7. The van der Waals surface area contributed by atoms with E-state index in [0.717, 1.165) is 11.5 Å². The summed E-state index contributed by atoms with van der Waals surface area (Å²) < 4.78 is 36.7. The van der Waals surface area contributed by atoms with Crippen molar-refractivity contribution in [2.45, 2.75) is 76.8 Å². The molecule has 0 amide bonds. The number of benzene rings is 1. The van der Waals surface area contributed by atoms with Crippen LogP contribution in [0.2, 0.25) is 0 Å². The van der Waals surface area contributed by atoms with Gasteiger partial charge in [0.05, 0.1) is 0 Å². The van der Waals surface area contributed by atoms with E-state index in [-0.39, 0.29) is 6.42 Å². The van der Waals surface area contributed by atoms with Gasteiger partial charge in [-0.3, -0.25) is 0 Å². The number of aryl methyl sites for hydroxylation is 1. The second-order valence-electron chi connectivity index (χ2n) is 6.72. The summed E-state index contributed by atoms with van der Waals surface area (Å²) in [6, 6.07) is 7.85. The highest BCUT2D eigenvalue weighted by atomic mass is 19.4. The number of alkyl halides is 3. The van der Waals surface area contributed by atoms with Gasteiger partial charge < -0.3 is 0 Å². The fourth-order valence-corrected chi connectivity index (χ4v) is 3.52. The van der Waals surface area contributed by atoms with Gasteiger partial charge in [0, 0.05) is 6.42 Å². The first-order valence-electron chi connectivity index (χ1n) is 8.63. The third-order valence-electron chi connectivity index (χ3n) is 4.96. The Kier molecular flexibility index (Phi) is 6.34. The molecule has 0 aliphatic heterocycles. The lowest BCUT2D eigenvalue weighted by Crippen LogP contribution is -2.13. The Morgan fingerprint density at radius 2 is 1.64 bits per heavy atom. The van der Waals surface area contributed by atoms with Crippen LogP contribution in [0, 0.1) is 5.92 Å². The zero-order valence-corrected chi connectivity index (χ0v) is 13.5. The molecule has 1 saturated carbocycles. The summed E-state index contributed by atoms with van der Waals surface area (Å²) in [7, 11) is 0. The SMILES string of the molecule is CCCCC1CCC(c2ccc(CCC(F)(F)F)cc2)CC1. The zero-order valence-electron chi connectivity index (χ0n) is 13.5. The molecule has 0 atom stereocenters. The summed E-state index contributed by atoms with van der Waals surface area (Å²) >= 11 is 0. The van der Waals surface area contributed by atoms with E-state index in [1.807, 2.05) is 24.3 Å². The van der Waals surface area contributed by atoms with Gasteiger partial charge in [-0.25, -0.2) is 0 Å². The predicted octanol–water partition coefficient (Wildman–Crippen LogP) is 6.65. The summed E-state index contributed by atoms with van der Waals surface area (Å²) in [4.78, 5) is 0. The van der Waals surface area contributed by atoms with Crippen molar-refractivity contribution in [3.8, 4) is 0 Å². The molecular weight excluding hydrogens is 285 g/mol. The number of hydrogen-bond acceptors (Lipinski definition) is 0. The molecule has 1 aromatic carbocycles. The zero-order chi connectivity index (χ0) is 16.0. The van der Waals surface area contributed by atoms with Crippen molar-refractivity contribution in [2.24, 2.45) is 5.92 Å². The maximum Gasteiger partial charge on any atom is 0.389 e. The largest absolute Gasteiger partial charge is 0.389 e. The van der Waals surface area contributed by atoms with Crippen LogP contribution in [0.4, 0.5) is 13.2 Å². The molecule has 1 aliphatic carbocycles. The lowest BCUT2D eigenvalue weighted by Gasteiger charge is -2.29. The second kappa shape index (κ2) is 8.03. The standard InChI is InChI=1S/C19H27F3/c1-2-3-4-15-5-9-17(10-6-15)18-11-7-16(8-12-18)13-14-19(20,21)22/h7-8,11-12,15,17H,2-6,9-10,13-14H2,1H3. The van der Waals surface area contributed by atoms with Crippen LogP contribution < -0.4 is 0 Å². The third-order valence-corrected chi connectivity index (χ3v) is 4.96. The van der Waals surface area contributed by atoms with E-state index >= 15 is 0 Å². The van der Waals surface area contributed by atoms with Crippen molar-refractivity contribution >= 4 is 0 Å². The molecule has 0 spiro atoms. The number of halogens is 3. The maximum absolute atomic E-state index is 12.2. The summed E-state index contributed by atoms with van der Waals surface area (Å²) in [6.07, 6.45) is 4.35. The van der Waals surface area contributed by atoms with Crippen LogP contribution in [0.5, 0.6) is 0 Å². The lowest BCUT2D eigenvalue weighted by atomic mass is 9.77. The van der Waals surface area contributed by atoms with Crippen LogP contribution in [0.1, 0.15) is 75.3 Å². The molecule has 0 bridgehead atoms. The van der Waals surface area contributed by atoms with E-state index in [9.17, 15) is 13.2 Å². The van der Waals surface area contributed by atoms with Crippen LogP contribution in [-0.2, 0) is 6.42 Å². The van der Waals surface area contributed by atoms with Gasteiger partial charge in [0.15, 0.2) is 0 Å². The molecule has 0 N–H and O–H groups in total. The Bertz CT molecular complexity index is 425. The van der Waals surface area contributed by atoms with Crippen LogP contribution in [0.3, 0.4) is 0 Å². The van der Waals surface area contributed by atoms with Crippen molar-refractivity contribution in [1.29, 1.82) is 0 Å². The highest BCUT2D eigenvalue weighted by Crippen LogP contribution is 2.37. The Labute approximate surface area is 132 Å². The van der Waals surface area contributed by atoms with Crippen molar-refractivity contribution < 1.29 is 13.2 Å². The lowest BCUT2D eigenvalue weighted by molar-refractivity contribution is -0.133. The average molecular weight is 312 g/mol. The van der Waals surface area contributed by atoms with E-state index in [1.54, 1.807) is 0 Å². The molecule has 0 aromatic heterocycles. The van der Waals surface area contributed by atoms with Gasteiger partial charge >= 0.3 is 6.18 Å². The first-order chi connectivity index (χ1) is 10.5. The number of unbranched alkanes of at least 4 members (excludes halogenated alkanes) is 1. The smallest absolute Gasteiger partial charge is 0.171 e. The van der Waals surface area contributed by atoms with E-state index in [2.05, 4.69) is 6.92 Å². The molecule has 1 aliphatic rings. The minimum atomic E-state index is -4.06. The van der Waals surface area contributed by atoms with Crippen molar-refractivity contribution in [1.82, 2.24) is 0 Å². The molecule has 22 heavy (non-hydrogen) atoms. The Hall–Kier alpha value is -0.990. The number of hydrogen-bond donors (Lipinski definition) is 0. The summed E-state index contributed by atoms with van der Waals surface area (Å²) in [5.74, 6) is 1.50. The molecule has 124 valence electrons. The fraction of sp³-hybridized carbons (Fsp3) is 0.684. The molecule has 1 fully saturated rings. The predicted molar refractivity (Wildman–Crippen MR) is 85.0 cm³/mol. The second-order valence-corrected chi connectivity index (χ2v) is 6.72. The molecule has 0 nitrogen and oxygen atoms in total. The first-order valence-corrected chi connectivity index (χ1v) is 8.63. The van der Waals surface area contributed by atoms with Crippen molar-refractivity contribution in [2.75, 3.05) is 0 Å². The summed E-state index contributed by atoms with van der Waals surface area (Å²) in [5, 5.41) is 0. The average Bonchev–Trinajstić information content (AvgIpc) is 2.51. The Morgan fingerprint density at radius 1 is 1.00 bits per heavy atom. The molecule has 1 aromatic rings. The first kappa shape index (κ1) is 17.4. The molecule has 2 rings (SSSR count). The molecule has 0 unspecified atom stereocenters. The van der Waals surface area contributed by atoms with Crippen molar-refractivity contribution in [3.05, 3.63) is 35.4 Å². The van der Waals surface area contributed by atoms with E-state index < -0.39 is 12.6 Å². The van der Waals surface area contributed by atoms with Crippen LogP contribution in [0.15, 0.2) is 24.3 Å². The topological polar surface area (TPSA) is 0 Å². The van der Waals surface area contributed by atoms with Gasteiger partial charge in [-0.2, -0.15) is 13.2 Å². The Balaban J connectivity index is 1.81. The quantitative estimate of drug-likeness (QED) is 0.552. The molecular formula is C19H27F3. The van der Waals surface area contributed by atoms with Crippen LogP contribution in [0.25, 0.3) is 0 Å². The van der Waals surface area contributed by atoms with Gasteiger partial charge in [0.1, 0.15) is 0 Å². The summed E-state index contributed by atoms with van der Waals surface area (Å²) in [5.41, 5.74) is 2.10. The third kappa shape index (κ3) is 5.66. The molecule has 0 saturated heterocycles. The fourth-order valence-electron chi connectivity index (χ4n) is 3.52. The molecule has 0 heterocycles. The maximum atomic E-state index is 12.2. The highest BCUT2D eigenvalue weighted by Gasteiger charge is 2.26. The highest BCUT2D eigenvalue weighted by molar-refractivity contribution is 5.26. The van der Waals surface area contributed by atoms with Gasteiger partial charge in [0.25, 0.3) is 0 Å². The van der Waals surface area contributed by atoms with Gasteiger partial charge in [-0.05, 0) is 55.1 Å². The minimum Gasteiger partial charge on any atom is -0.171 e.